The highest BCUT2D eigenvalue weighted by atomic mass is 32.2. The number of anilines is 2. The third-order valence-electron chi connectivity index (χ3n) is 7.46. The molecule has 0 spiro atoms. The van der Waals surface area contributed by atoms with E-state index >= 15 is 0 Å². The fourth-order valence-corrected chi connectivity index (χ4v) is 6.04. The van der Waals surface area contributed by atoms with Gasteiger partial charge >= 0.3 is 11.9 Å². The highest BCUT2D eigenvalue weighted by Gasteiger charge is 2.36. The number of amides is 1. The van der Waals surface area contributed by atoms with Crippen LogP contribution in [0.15, 0.2) is 71.1 Å². The number of fused-ring (bicyclic) bond motifs is 1. The van der Waals surface area contributed by atoms with Crippen LogP contribution in [-0.4, -0.2) is 51.0 Å². The van der Waals surface area contributed by atoms with E-state index in [2.05, 4.69) is 5.32 Å². The lowest BCUT2D eigenvalue weighted by atomic mass is 10.0. The van der Waals surface area contributed by atoms with Crippen molar-refractivity contribution in [3.8, 4) is 16.9 Å². The van der Waals surface area contributed by atoms with E-state index in [9.17, 15) is 23.1 Å². The molecule has 12 heteroatoms. The molecule has 0 radical (unpaired) electrons. The molecule has 0 bridgehead atoms. The van der Waals surface area contributed by atoms with Crippen LogP contribution < -0.4 is 14.4 Å². The van der Waals surface area contributed by atoms with Gasteiger partial charge in [0.05, 0.1) is 18.2 Å². The van der Waals surface area contributed by atoms with Gasteiger partial charge in [-0.2, -0.15) is 0 Å². The summed E-state index contributed by atoms with van der Waals surface area (Å²) in [5, 5.41) is 3.44. The fraction of sp³-hybridized carbons (Fsp3) is 0.361. The second kappa shape index (κ2) is 14.2. The Kier molecular flexibility index (Phi) is 10.7. The van der Waals surface area contributed by atoms with Crippen LogP contribution in [0.1, 0.15) is 64.6 Å². The third kappa shape index (κ3) is 8.06. The van der Waals surface area contributed by atoms with Crippen molar-refractivity contribution in [3.63, 3.8) is 0 Å². The van der Waals surface area contributed by atoms with Gasteiger partial charge in [0.1, 0.15) is 23.0 Å². The van der Waals surface area contributed by atoms with E-state index in [1.807, 2.05) is 12.1 Å². The number of rotatable bonds is 11. The van der Waals surface area contributed by atoms with Crippen LogP contribution in [0, 0.1) is 12.8 Å². The van der Waals surface area contributed by atoms with Crippen LogP contribution in [0.25, 0.3) is 22.1 Å². The zero-order valence-electron chi connectivity index (χ0n) is 28.6. The lowest BCUT2D eigenvalue weighted by Crippen LogP contribution is -2.48. The molecule has 1 amide bonds. The molecule has 4 aromatic rings. The summed E-state index contributed by atoms with van der Waals surface area (Å²) in [4.78, 5) is 38.5. The average Bonchev–Trinajstić information content (AvgIpc) is 3.35. The summed E-state index contributed by atoms with van der Waals surface area (Å²) in [6.07, 6.45) is 0. The number of benzene rings is 3. The van der Waals surface area contributed by atoms with Gasteiger partial charge in [0.15, 0.2) is 11.4 Å². The molecule has 0 saturated carbocycles. The molecule has 1 aromatic heterocycles. The van der Waals surface area contributed by atoms with Crippen LogP contribution in [0.2, 0.25) is 0 Å². The fourth-order valence-electron chi connectivity index (χ4n) is 5.21. The Bertz CT molecular complexity index is 1820. The first kappa shape index (κ1) is 36.2. The summed E-state index contributed by atoms with van der Waals surface area (Å²) in [6.45, 7) is 13.8. The smallest absolute Gasteiger partial charge is 0.349 e. The largest absolute Gasteiger partial charge is 0.475 e. The summed E-state index contributed by atoms with van der Waals surface area (Å²) in [5.41, 5.74) is 1.54. The van der Waals surface area contributed by atoms with Crippen molar-refractivity contribution in [2.45, 2.75) is 72.6 Å². The van der Waals surface area contributed by atoms with E-state index in [0.29, 0.717) is 33.7 Å². The monoisotopic (exact) mass is 678 g/mol. The summed E-state index contributed by atoms with van der Waals surface area (Å²) < 4.78 is 46.0. The van der Waals surface area contributed by atoms with Crippen molar-refractivity contribution in [2.75, 3.05) is 16.7 Å². The second-order valence-electron chi connectivity index (χ2n) is 13.1. The van der Waals surface area contributed by atoms with Crippen molar-refractivity contribution in [1.29, 1.82) is 0 Å². The van der Waals surface area contributed by atoms with Gasteiger partial charge in [0, 0.05) is 11.3 Å². The molecule has 3 aromatic carbocycles. The van der Waals surface area contributed by atoms with Crippen molar-refractivity contribution >= 4 is 51.5 Å². The van der Waals surface area contributed by atoms with E-state index in [-0.39, 0.29) is 11.7 Å². The van der Waals surface area contributed by atoms with Gasteiger partial charge < -0.3 is 23.9 Å². The maximum atomic E-state index is 13.3. The molecule has 0 aliphatic carbocycles. The molecule has 11 nitrogen and oxygen atoms in total. The first-order chi connectivity index (χ1) is 22.4. The molecule has 0 fully saturated rings. The van der Waals surface area contributed by atoms with Crippen LogP contribution in [0.4, 0.5) is 11.4 Å². The molecule has 48 heavy (non-hydrogen) atoms. The second-order valence-corrected chi connectivity index (χ2v) is 14.0. The van der Waals surface area contributed by atoms with Gasteiger partial charge in [0.25, 0.3) is 17.2 Å². The molecule has 2 atom stereocenters. The third-order valence-corrected chi connectivity index (χ3v) is 8.24. The molecule has 0 saturated heterocycles. The van der Waals surface area contributed by atoms with E-state index in [4.69, 9.17) is 18.6 Å². The summed E-state index contributed by atoms with van der Waals surface area (Å²) in [7, 11) is 1.29. The van der Waals surface area contributed by atoms with E-state index < -0.39 is 46.4 Å². The summed E-state index contributed by atoms with van der Waals surface area (Å²) in [5.74, 6) is -1.41. The number of carbonyl (C=O) groups excluding carboxylic acids is 3. The Morgan fingerprint density at radius 1 is 0.917 bits per heavy atom. The molecule has 2 unspecified atom stereocenters. The quantitative estimate of drug-likeness (QED) is 0.123. The topological polar surface area (TPSA) is 145 Å². The lowest BCUT2D eigenvalue weighted by molar-refractivity contribution is -0.157. The van der Waals surface area contributed by atoms with Gasteiger partial charge in [0.2, 0.25) is 0 Å². The van der Waals surface area contributed by atoms with Gasteiger partial charge in [-0.3, -0.25) is 13.7 Å². The van der Waals surface area contributed by atoms with E-state index in [1.54, 1.807) is 110 Å². The Balaban J connectivity index is 1.52. The number of hydrogen-bond donors (Lipinski definition) is 2. The predicted octanol–water partition coefficient (Wildman–Crippen LogP) is 7.30. The molecular formula is C36H42N2O9S. The van der Waals surface area contributed by atoms with Gasteiger partial charge in [-0.25, -0.2) is 13.8 Å². The number of esters is 2. The van der Waals surface area contributed by atoms with Crippen molar-refractivity contribution < 1.29 is 41.8 Å². The number of furan rings is 1. The van der Waals surface area contributed by atoms with Crippen molar-refractivity contribution in [2.24, 2.45) is 5.92 Å². The molecule has 4 rings (SSSR count). The van der Waals surface area contributed by atoms with Crippen LogP contribution >= 0.6 is 0 Å². The first-order valence-electron chi connectivity index (χ1n) is 15.4. The maximum Gasteiger partial charge on any atom is 0.349 e. The highest BCUT2D eigenvalue weighted by molar-refractivity contribution is 7.80. The minimum atomic E-state index is -2.49. The number of aryl methyl sites for hydroxylation is 1. The number of carbonyl (C=O) groups is 3. The number of hydrogen-bond acceptors (Lipinski definition) is 8. The average molecular weight is 679 g/mol. The Labute approximate surface area is 283 Å². The molecule has 1 heterocycles. The minimum Gasteiger partial charge on any atom is -0.475 e. The summed E-state index contributed by atoms with van der Waals surface area (Å²) >= 11 is -2.49. The standard InChI is InChI=1S/C36H42N2O9S/c1-21(2)30(33(40)47-35(4,5)6)38(48(42)43)26-19-15-24(16-20-26)23-13-17-25(18-14-23)37-32(39)31-22(3)29-27(45-31)11-10-12-28(29)46-36(7,8)34(41)44-9/h10-21,30H,1-9H3,(H,37,39)(H,42,43). The zero-order valence-corrected chi connectivity index (χ0v) is 29.4. The number of nitrogens with zero attached hydrogens (tertiary/aromatic N) is 1. The highest BCUT2D eigenvalue weighted by Crippen LogP contribution is 2.36. The molecule has 0 aliphatic heterocycles. The van der Waals surface area contributed by atoms with Gasteiger partial charge in [-0.15, -0.1) is 0 Å². The first-order valence-corrected chi connectivity index (χ1v) is 16.4. The maximum absolute atomic E-state index is 13.3. The van der Waals surface area contributed by atoms with Crippen molar-refractivity contribution in [1.82, 2.24) is 0 Å². The zero-order chi connectivity index (χ0) is 35.6. The number of nitrogens with one attached hydrogen (secondary N) is 1. The number of methoxy groups -OCH3 is 1. The van der Waals surface area contributed by atoms with Crippen molar-refractivity contribution in [3.05, 3.63) is 78.1 Å². The summed E-state index contributed by atoms with van der Waals surface area (Å²) in [6, 6.07) is 18.2. The van der Waals surface area contributed by atoms with E-state index in [1.165, 1.54) is 7.11 Å². The molecular weight excluding hydrogens is 636 g/mol. The Morgan fingerprint density at radius 2 is 1.50 bits per heavy atom. The molecule has 2 N–H and O–H groups in total. The van der Waals surface area contributed by atoms with Gasteiger partial charge in [-0.05, 0) is 95.0 Å². The predicted molar refractivity (Wildman–Crippen MR) is 185 cm³/mol. The van der Waals surface area contributed by atoms with Crippen LogP contribution in [0.5, 0.6) is 5.75 Å². The van der Waals surface area contributed by atoms with Crippen LogP contribution in [0.3, 0.4) is 0 Å². The Morgan fingerprint density at radius 3 is 2.02 bits per heavy atom. The SMILES string of the molecule is COC(=O)C(C)(C)Oc1cccc2oc(C(=O)Nc3ccc(-c4ccc(N(C(C(=O)OC(C)(C)C)C(C)C)S(=O)O)cc4)cc3)c(C)c12. The van der Waals surface area contributed by atoms with Gasteiger partial charge in [-0.1, -0.05) is 44.2 Å². The lowest BCUT2D eigenvalue weighted by Gasteiger charge is -2.33. The van der Waals surface area contributed by atoms with Crippen LogP contribution in [-0.2, 0) is 30.3 Å². The molecule has 0 aliphatic rings. The minimum absolute atomic E-state index is 0.105. The normalized spacial score (nSPS) is 13.1. The van der Waals surface area contributed by atoms with E-state index in [0.717, 1.165) is 15.4 Å². The number of ether oxygens (including phenoxy) is 3. The molecule has 256 valence electrons. The Hall–Kier alpha value is -4.68.